The van der Waals surface area contributed by atoms with Gasteiger partial charge in [-0.05, 0) is 49.9 Å². The SMILES string of the molecule is CC(C)CCC(C)NC(=O)Cc1csc(COc2ccc(F)cc2)n1. The molecule has 1 amide bonds. The zero-order valence-corrected chi connectivity index (χ0v) is 15.7. The number of benzene rings is 1. The summed E-state index contributed by atoms with van der Waals surface area (Å²) in [7, 11) is 0. The van der Waals surface area contributed by atoms with Crippen LogP contribution in [0.4, 0.5) is 4.39 Å². The molecule has 1 atom stereocenters. The number of rotatable bonds is 9. The molecule has 0 saturated carbocycles. The van der Waals surface area contributed by atoms with Crippen LogP contribution in [0.2, 0.25) is 0 Å². The lowest BCUT2D eigenvalue weighted by atomic mass is 10.0. The molecule has 1 unspecified atom stereocenters. The van der Waals surface area contributed by atoms with Crippen molar-refractivity contribution in [3.05, 3.63) is 46.2 Å². The van der Waals surface area contributed by atoms with E-state index < -0.39 is 0 Å². The van der Waals surface area contributed by atoms with Gasteiger partial charge in [-0.15, -0.1) is 11.3 Å². The molecule has 2 rings (SSSR count). The number of ether oxygens (including phenoxy) is 1. The Morgan fingerprint density at radius 2 is 1.96 bits per heavy atom. The average Bonchev–Trinajstić information content (AvgIpc) is 2.99. The Bertz CT molecular complexity index is 670. The fourth-order valence-electron chi connectivity index (χ4n) is 2.32. The molecule has 0 saturated heterocycles. The number of thiazole rings is 1. The van der Waals surface area contributed by atoms with Crippen LogP contribution >= 0.6 is 11.3 Å². The standard InChI is InChI=1S/C19H25FN2O2S/c1-13(2)4-5-14(3)21-18(23)10-16-12-25-19(22-16)11-24-17-8-6-15(20)7-9-17/h6-9,12-14H,4-5,10-11H2,1-3H3,(H,21,23). The molecule has 1 heterocycles. The van der Waals surface area contributed by atoms with Crippen LogP contribution in [0.5, 0.6) is 5.75 Å². The van der Waals surface area contributed by atoms with Crippen LogP contribution in [-0.2, 0) is 17.8 Å². The Balaban J connectivity index is 1.76. The molecule has 0 radical (unpaired) electrons. The Morgan fingerprint density at radius 3 is 2.64 bits per heavy atom. The van der Waals surface area contributed by atoms with Crippen molar-refractivity contribution in [3.8, 4) is 5.75 Å². The lowest BCUT2D eigenvalue weighted by Gasteiger charge is -2.14. The topological polar surface area (TPSA) is 51.2 Å². The van der Waals surface area contributed by atoms with Gasteiger partial charge < -0.3 is 10.1 Å². The largest absolute Gasteiger partial charge is 0.486 e. The molecule has 2 aromatic rings. The van der Waals surface area contributed by atoms with Crippen molar-refractivity contribution in [2.24, 2.45) is 5.92 Å². The first kappa shape index (κ1) is 19.4. The van der Waals surface area contributed by atoms with Crippen LogP contribution in [0.1, 0.15) is 44.3 Å². The third-order valence-electron chi connectivity index (χ3n) is 3.70. The zero-order chi connectivity index (χ0) is 18.2. The summed E-state index contributed by atoms with van der Waals surface area (Å²) in [6, 6.07) is 6.04. The van der Waals surface area contributed by atoms with E-state index in [9.17, 15) is 9.18 Å². The van der Waals surface area contributed by atoms with E-state index in [-0.39, 0.29) is 24.2 Å². The first-order chi connectivity index (χ1) is 11.9. The number of halogens is 1. The normalized spacial score (nSPS) is 12.2. The maximum Gasteiger partial charge on any atom is 0.226 e. The van der Waals surface area contributed by atoms with Crippen molar-refractivity contribution in [3.63, 3.8) is 0 Å². The molecular formula is C19H25FN2O2S. The van der Waals surface area contributed by atoms with Crippen molar-refractivity contribution >= 4 is 17.2 Å². The van der Waals surface area contributed by atoms with E-state index in [4.69, 9.17) is 4.74 Å². The molecule has 1 N–H and O–H groups in total. The van der Waals surface area contributed by atoms with Crippen molar-refractivity contribution in [2.75, 3.05) is 0 Å². The average molecular weight is 364 g/mol. The summed E-state index contributed by atoms with van der Waals surface area (Å²) in [4.78, 5) is 16.5. The molecule has 0 aliphatic rings. The molecule has 0 aliphatic heterocycles. The molecule has 0 fully saturated rings. The van der Waals surface area contributed by atoms with Crippen molar-refractivity contribution < 1.29 is 13.9 Å². The fourth-order valence-corrected chi connectivity index (χ4v) is 3.02. The molecule has 4 nitrogen and oxygen atoms in total. The second kappa shape index (κ2) is 9.51. The number of aromatic nitrogens is 1. The first-order valence-electron chi connectivity index (χ1n) is 8.53. The number of nitrogens with zero attached hydrogens (tertiary/aromatic N) is 1. The van der Waals surface area contributed by atoms with E-state index in [0.717, 1.165) is 23.5 Å². The molecular weight excluding hydrogens is 339 g/mol. The number of carbonyl (C=O) groups is 1. The summed E-state index contributed by atoms with van der Waals surface area (Å²) in [5, 5.41) is 5.68. The Kier molecular flexibility index (Phi) is 7.37. The van der Waals surface area contributed by atoms with Gasteiger partial charge in [0, 0.05) is 11.4 Å². The Labute approximate surface area is 152 Å². The highest BCUT2D eigenvalue weighted by molar-refractivity contribution is 7.09. The second-order valence-corrected chi connectivity index (χ2v) is 7.53. The van der Waals surface area contributed by atoms with E-state index >= 15 is 0 Å². The van der Waals surface area contributed by atoms with Crippen LogP contribution in [0.25, 0.3) is 0 Å². The van der Waals surface area contributed by atoms with E-state index in [1.807, 2.05) is 12.3 Å². The molecule has 6 heteroatoms. The predicted molar refractivity (Wildman–Crippen MR) is 98.2 cm³/mol. The highest BCUT2D eigenvalue weighted by atomic mass is 32.1. The van der Waals surface area contributed by atoms with Crippen molar-refractivity contribution in [2.45, 2.75) is 52.7 Å². The summed E-state index contributed by atoms with van der Waals surface area (Å²) >= 11 is 1.46. The highest BCUT2D eigenvalue weighted by Gasteiger charge is 2.11. The molecule has 136 valence electrons. The number of hydrogen-bond donors (Lipinski definition) is 1. The number of amides is 1. The smallest absolute Gasteiger partial charge is 0.226 e. The molecule has 0 bridgehead atoms. The maximum absolute atomic E-state index is 12.8. The number of carbonyl (C=O) groups excluding carboxylic acids is 1. The van der Waals surface area contributed by atoms with Gasteiger partial charge in [-0.2, -0.15) is 0 Å². The number of nitrogens with one attached hydrogen (secondary N) is 1. The molecule has 25 heavy (non-hydrogen) atoms. The van der Waals surface area contributed by atoms with Gasteiger partial charge in [0.25, 0.3) is 0 Å². The van der Waals surface area contributed by atoms with E-state index in [1.54, 1.807) is 12.1 Å². The molecule has 0 spiro atoms. The van der Waals surface area contributed by atoms with Gasteiger partial charge in [-0.1, -0.05) is 13.8 Å². The van der Waals surface area contributed by atoms with Gasteiger partial charge in [0.15, 0.2) is 0 Å². The predicted octanol–water partition coefficient (Wildman–Crippen LogP) is 4.34. The number of hydrogen-bond acceptors (Lipinski definition) is 4. The van der Waals surface area contributed by atoms with Gasteiger partial charge in [0.1, 0.15) is 23.2 Å². The van der Waals surface area contributed by atoms with Crippen LogP contribution < -0.4 is 10.1 Å². The van der Waals surface area contributed by atoms with Gasteiger partial charge in [0.05, 0.1) is 12.1 Å². The fraction of sp³-hybridized carbons (Fsp3) is 0.474. The van der Waals surface area contributed by atoms with Gasteiger partial charge in [-0.25, -0.2) is 9.37 Å². The first-order valence-corrected chi connectivity index (χ1v) is 9.41. The van der Waals surface area contributed by atoms with Gasteiger partial charge >= 0.3 is 0 Å². The molecule has 1 aromatic carbocycles. The lowest BCUT2D eigenvalue weighted by Crippen LogP contribution is -2.33. The third kappa shape index (κ3) is 7.22. The van der Waals surface area contributed by atoms with Crippen LogP contribution in [-0.4, -0.2) is 16.9 Å². The second-order valence-electron chi connectivity index (χ2n) is 6.59. The zero-order valence-electron chi connectivity index (χ0n) is 14.9. The quantitative estimate of drug-likeness (QED) is 0.720. The Hall–Kier alpha value is -1.95. The third-order valence-corrected chi connectivity index (χ3v) is 4.57. The highest BCUT2D eigenvalue weighted by Crippen LogP contribution is 2.16. The minimum atomic E-state index is -0.294. The monoisotopic (exact) mass is 364 g/mol. The lowest BCUT2D eigenvalue weighted by molar-refractivity contribution is -0.121. The van der Waals surface area contributed by atoms with Gasteiger partial charge in [-0.3, -0.25) is 4.79 Å². The van der Waals surface area contributed by atoms with Crippen molar-refractivity contribution in [1.29, 1.82) is 0 Å². The Morgan fingerprint density at radius 1 is 1.24 bits per heavy atom. The van der Waals surface area contributed by atoms with E-state index in [0.29, 0.717) is 18.3 Å². The van der Waals surface area contributed by atoms with Crippen molar-refractivity contribution in [1.82, 2.24) is 10.3 Å². The van der Waals surface area contributed by atoms with Crippen LogP contribution in [0.3, 0.4) is 0 Å². The summed E-state index contributed by atoms with van der Waals surface area (Å²) in [5.74, 6) is 0.932. The van der Waals surface area contributed by atoms with Crippen LogP contribution in [0, 0.1) is 11.7 Å². The minimum Gasteiger partial charge on any atom is -0.486 e. The maximum atomic E-state index is 12.8. The molecule has 1 aromatic heterocycles. The minimum absolute atomic E-state index is 0.00689. The van der Waals surface area contributed by atoms with Gasteiger partial charge in [0.2, 0.25) is 5.91 Å². The van der Waals surface area contributed by atoms with E-state index in [2.05, 4.69) is 24.1 Å². The molecule has 0 aliphatic carbocycles. The summed E-state index contributed by atoms with van der Waals surface area (Å²) in [6.07, 6.45) is 2.36. The summed E-state index contributed by atoms with van der Waals surface area (Å²) in [6.45, 7) is 6.70. The van der Waals surface area contributed by atoms with Crippen LogP contribution in [0.15, 0.2) is 29.6 Å². The summed E-state index contributed by atoms with van der Waals surface area (Å²) < 4.78 is 18.4. The van der Waals surface area contributed by atoms with E-state index in [1.165, 1.54) is 23.5 Å². The summed E-state index contributed by atoms with van der Waals surface area (Å²) in [5.41, 5.74) is 0.747.